The van der Waals surface area contributed by atoms with E-state index in [1.54, 1.807) is 11.8 Å². The molecule has 0 aliphatic rings. The Kier molecular flexibility index (Phi) is 13.2. The fourth-order valence-electron chi connectivity index (χ4n) is 0.799. The Balaban J connectivity index is 0. The summed E-state index contributed by atoms with van der Waals surface area (Å²) in [6.45, 7) is 1.03. The molecule has 0 aliphatic carbocycles. The maximum atomic E-state index is 11.0. The Labute approximate surface area is 127 Å². The summed E-state index contributed by atoms with van der Waals surface area (Å²) in [5, 5.41) is 16.6. The highest BCUT2D eigenvalue weighted by molar-refractivity contribution is 7.98. The van der Waals surface area contributed by atoms with E-state index < -0.39 is 36.1 Å². The summed E-state index contributed by atoms with van der Waals surface area (Å²) < 4.78 is 4.32. The highest BCUT2D eigenvalue weighted by Gasteiger charge is 2.17. The number of aliphatic hydroxyl groups is 1. The molecule has 0 saturated carbocycles. The minimum Gasteiger partial charge on any atom is -0.480 e. The molecule has 3 atom stereocenters. The third-order valence-corrected chi connectivity index (χ3v) is 2.77. The van der Waals surface area contributed by atoms with Gasteiger partial charge in [0.1, 0.15) is 12.1 Å². The van der Waals surface area contributed by atoms with Crippen molar-refractivity contribution in [3.05, 3.63) is 0 Å². The Morgan fingerprint density at radius 3 is 2.10 bits per heavy atom. The van der Waals surface area contributed by atoms with Crippen LogP contribution in [0.4, 0.5) is 0 Å². The summed E-state index contributed by atoms with van der Waals surface area (Å²) >= 11 is 1.57. The molecular formula is C11H23N3O6S. The Morgan fingerprint density at radius 1 is 1.29 bits per heavy atom. The van der Waals surface area contributed by atoms with Gasteiger partial charge in [-0.05, 0) is 25.4 Å². The first-order valence-corrected chi connectivity index (χ1v) is 7.42. The van der Waals surface area contributed by atoms with Crippen molar-refractivity contribution >= 4 is 29.7 Å². The number of rotatable bonds is 7. The van der Waals surface area contributed by atoms with Gasteiger partial charge in [0, 0.05) is 0 Å². The van der Waals surface area contributed by atoms with Crippen molar-refractivity contribution < 1.29 is 29.3 Å². The monoisotopic (exact) mass is 325 g/mol. The number of carbonyl (C=O) groups excluding carboxylic acids is 2. The van der Waals surface area contributed by atoms with Gasteiger partial charge in [-0.3, -0.25) is 9.59 Å². The van der Waals surface area contributed by atoms with Gasteiger partial charge in [-0.25, -0.2) is 4.79 Å². The molecule has 9 nitrogen and oxygen atoms in total. The first kappa shape index (κ1) is 22.1. The zero-order valence-corrected chi connectivity index (χ0v) is 12.8. The number of hydrogen-bond donors (Lipinski definition) is 5. The van der Waals surface area contributed by atoms with Crippen LogP contribution >= 0.6 is 11.8 Å². The van der Waals surface area contributed by atoms with Gasteiger partial charge >= 0.3 is 17.9 Å². The Hall–Kier alpha value is -1.20. The van der Waals surface area contributed by atoms with E-state index in [0.717, 1.165) is 5.75 Å². The molecule has 0 fully saturated rings. The number of aliphatic hydroxyl groups excluding tert-OH is 1. The topological polar surface area (TPSA) is 179 Å². The predicted molar refractivity (Wildman–Crippen MR) is 78.4 cm³/mol. The number of hydrogen-bond acceptors (Lipinski definition) is 9. The van der Waals surface area contributed by atoms with Gasteiger partial charge in [0.25, 0.3) is 0 Å². The summed E-state index contributed by atoms with van der Waals surface area (Å²) in [6.07, 6.45) is 1.42. The lowest BCUT2D eigenvalue weighted by molar-refractivity contribution is -0.159. The molecule has 0 aromatic carbocycles. The zero-order valence-electron chi connectivity index (χ0n) is 12.0. The maximum absolute atomic E-state index is 11.0. The quantitative estimate of drug-likeness (QED) is 0.256. The molecule has 21 heavy (non-hydrogen) atoms. The molecule has 0 bridgehead atoms. The van der Waals surface area contributed by atoms with Crippen LogP contribution in [0.15, 0.2) is 0 Å². The van der Waals surface area contributed by atoms with E-state index in [9.17, 15) is 14.4 Å². The summed E-state index contributed by atoms with van der Waals surface area (Å²) in [6, 6.07) is -1.89. The molecule has 0 aliphatic heterocycles. The first-order chi connectivity index (χ1) is 9.67. The third kappa shape index (κ3) is 12.3. The molecule has 0 heterocycles. The third-order valence-electron chi connectivity index (χ3n) is 2.12. The molecule has 0 rings (SSSR count). The van der Waals surface area contributed by atoms with Crippen LogP contribution in [0, 0.1) is 0 Å². The first-order valence-electron chi connectivity index (χ1n) is 6.02. The van der Waals surface area contributed by atoms with Gasteiger partial charge in [0.15, 0.2) is 0 Å². The van der Waals surface area contributed by atoms with Crippen LogP contribution in [0.2, 0.25) is 0 Å². The van der Waals surface area contributed by atoms with E-state index in [0.29, 0.717) is 6.42 Å². The average molecular weight is 325 g/mol. The van der Waals surface area contributed by atoms with Crippen molar-refractivity contribution in [1.82, 2.24) is 0 Å². The Bertz CT molecular complexity index is 340. The van der Waals surface area contributed by atoms with E-state index in [-0.39, 0.29) is 6.54 Å². The van der Waals surface area contributed by atoms with Crippen LogP contribution < -0.4 is 17.2 Å². The summed E-state index contributed by atoms with van der Waals surface area (Å²) in [5.41, 5.74) is 15.3. The molecule has 0 aromatic rings. The van der Waals surface area contributed by atoms with Crippen molar-refractivity contribution in [2.45, 2.75) is 31.5 Å². The van der Waals surface area contributed by atoms with Gasteiger partial charge in [0.05, 0.1) is 12.6 Å². The Morgan fingerprint density at radius 2 is 1.81 bits per heavy atom. The van der Waals surface area contributed by atoms with Gasteiger partial charge < -0.3 is 32.2 Å². The van der Waals surface area contributed by atoms with Crippen molar-refractivity contribution in [3.63, 3.8) is 0 Å². The number of carboxylic acids is 1. The zero-order chi connectivity index (χ0) is 17.0. The lowest BCUT2D eigenvalue weighted by atomic mass is 10.2. The van der Waals surface area contributed by atoms with E-state index >= 15 is 0 Å². The summed E-state index contributed by atoms with van der Waals surface area (Å²) in [5.74, 6) is -1.87. The minimum absolute atomic E-state index is 0.305. The number of carboxylic acid groups (broad SMARTS) is 1. The molecule has 0 unspecified atom stereocenters. The second-order valence-corrected chi connectivity index (χ2v) is 4.98. The molecule has 0 radical (unpaired) electrons. The smallest absolute Gasteiger partial charge is 0.330 e. The lowest BCUT2D eigenvalue weighted by Gasteiger charge is -2.08. The number of carbonyl (C=O) groups is 3. The minimum atomic E-state index is -1.18. The number of thioether (sulfide) groups is 1. The average Bonchev–Trinajstić information content (AvgIpc) is 2.43. The molecular weight excluding hydrogens is 302 g/mol. The van der Waals surface area contributed by atoms with Gasteiger partial charge in [-0.2, -0.15) is 11.8 Å². The van der Waals surface area contributed by atoms with Crippen LogP contribution in [0.25, 0.3) is 0 Å². The molecule has 0 spiro atoms. The standard InChI is InChI=1S/C7H14N2O3S.C4H9NO3/c1-13-3-2-5(9)7(11)12-6(10)4-8;1-2(6)3(5)4(7)8/h5H,2-4,8-9H2,1H3;2-3,6H,5H2,1H3,(H,7,8)/t5-;2-,3+/m01/s1. The van der Waals surface area contributed by atoms with Gasteiger partial charge in [-0.1, -0.05) is 0 Å². The van der Waals surface area contributed by atoms with E-state index in [1.165, 1.54) is 6.92 Å². The van der Waals surface area contributed by atoms with Gasteiger partial charge in [0.2, 0.25) is 0 Å². The number of esters is 2. The second-order valence-electron chi connectivity index (χ2n) is 3.99. The molecule has 124 valence electrons. The van der Waals surface area contributed by atoms with Crippen LogP contribution in [0.3, 0.4) is 0 Å². The highest BCUT2D eigenvalue weighted by atomic mass is 32.2. The van der Waals surface area contributed by atoms with E-state index in [4.69, 9.17) is 27.4 Å². The van der Waals surface area contributed by atoms with Crippen LogP contribution in [-0.4, -0.2) is 64.9 Å². The molecule has 8 N–H and O–H groups in total. The largest absolute Gasteiger partial charge is 0.480 e. The van der Waals surface area contributed by atoms with Crippen molar-refractivity contribution in [1.29, 1.82) is 0 Å². The van der Waals surface area contributed by atoms with E-state index in [2.05, 4.69) is 4.74 Å². The summed E-state index contributed by atoms with van der Waals surface area (Å²) in [7, 11) is 0. The second kappa shape index (κ2) is 12.5. The molecule has 10 heteroatoms. The van der Waals surface area contributed by atoms with Crippen LogP contribution in [0.5, 0.6) is 0 Å². The van der Waals surface area contributed by atoms with Crippen LogP contribution in [0.1, 0.15) is 13.3 Å². The fraction of sp³-hybridized carbons (Fsp3) is 0.727. The fourth-order valence-corrected chi connectivity index (χ4v) is 1.29. The van der Waals surface area contributed by atoms with Gasteiger partial charge in [-0.15, -0.1) is 0 Å². The lowest BCUT2D eigenvalue weighted by Crippen LogP contribution is -2.39. The molecule has 0 aromatic heterocycles. The normalized spacial score (nSPS) is 14.2. The number of aliphatic carboxylic acids is 1. The predicted octanol–water partition coefficient (Wildman–Crippen LogP) is -2.13. The summed E-state index contributed by atoms with van der Waals surface area (Å²) in [4.78, 5) is 31.4. The van der Waals surface area contributed by atoms with Crippen LogP contribution in [-0.2, 0) is 19.1 Å². The van der Waals surface area contributed by atoms with Crippen molar-refractivity contribution in [3.8, 4) is 0 Å². The maximum Gasteiger partial charge on any atom is 0.330 e. The molecule has 0 amide bonds. The SMILES string of the molecule is CSCC[C@H](N)C(=O)OC(=O)CN.C[C@@H](O)[C@H](N)C(=O)O. The highest BCUT2D eigenvalue weighted by Crippen LogP contribution is 2.00. The molecule has 0 saturated heterocycles. The van der Waals surface area contributed by atoms with E-state index in [1.807, 2.05) is 6.26 Å². The van der Waals surface area contributed by atoms with Crippen molar-refractivity contribution in [2.24, 2.45) is 17.2 Å². The number of nitrogens with two attached hydrogens (primary N) is 3. The van der Waals surface area contributed by atoms with Crippen molar-refractivity contribution in [2.75, 3.05) is 18.6 Å². The number of ether oxygens (including phenoxy) is 1.